The Kier molecular flexibility index (Phi) is 5.35. The smallest absolute Gasteiger partial charge is 0.115 e. The summed E-state index contributed by atoms with van der Waals surface area (Å²) in [4.78, 5) is 2.63. The molecule has 2 nitrogen and oxygen atoms in total. The van der Waals surface area contributed by atoms with Gasteiger partial charge >= 0.3 is 0 Å². The summed E-state index contributed by atoms with van der Waals surface area (Å²) >= 11 is 0. The molecular weight excluding hydrogens is 282 g/mol. The Hall–Kier alpha value is -1.80. The van der Waals surface area contributed by atoms with Crippen LogP contribution >= 0.6 is 0 Å². The topological polar surface area (TPSA) is 23.5 Å². The molecule has 3 rings (SSSR count). The van der Waals surface area contributed by atoms with Crippen LogP contribution < -0.4 is 0 Å². The summed E-state index contributed by atoms with van der Waals surface area (Å²) in [7, 11) is 0. The number of hydrogen-bond donors (Lipinski definition) is 1. The van der Waals surface area contributed by atoms with Crippen LogP contribution in [-0.2, 0) is 6.42 Å². The first-order chi connectivity index (χ1) is 11.2. The van der Waals surface area contributed by atoms with E-state index in [1.165, 1.54) is 30.4 Å². The third-order valence-electron chi connectivity index (χ3n) is 5.12. The van der Waals surface area contributed by atoms with Crippen molar-refractivity contribution in [2.24, 2.45) is 0 Å². The molecule has 0 saturated carbocycles. The van der Waals surface area contributed by atoms with Gasteiger partial charge in [0.15, 0.2) is 0 Å². The van der Waals surface area contributed by atoms with Crippen molar-refractivity contribution >= 4 is 0 Å². The molecule has 0 aromatic heterocycles. The van der Waals surface area contributed by atoms with Gasteiger partial charge in [-0.3, -0.25) is 4.90 Å². The molecule has 0 spiro atoms. The summed E-state index contributed by atoms with van der Waals surface area (Å²) in [6, 6.07) is 19.2. The summed E-state index contributed by atoms with van der Waals surface area (Å²) in [6.07, 6.45) is 4.86. The molecule has 1 aliphatic rings. The highest BCUT2D eigenvalue weighted by Crippen LogP contribution is 2.30. The number of phenolic OH excluding ortho intramolecular Hbond substituents is 1. The van der Waals surface area contributed by atoms with Gasteiger partial charge < -0.3 is 5.11 Å². The average molecular weight is 309 g/mol. The second-order valence-corrected chi connectivity index (χ2v) is 6.80. The number of nitrogens with zero attached hydrogens (tertiary/aromatic N) is 1. The van der Waals surface area contributed by atoms with Crippen LogP contribution in [-0.4, -0.2) is 29.1 Å². The lowest BCUT2D eigenvalue weighted by atomic mass is 9.94. The molecule has 1 heterocycles. The predicted octanol–water partition coefficient (Wildman–Crippen LogP) is 4.59. The number of hydrogen-bond acceptors (Lipinski definition) is 2. The highest BCUT2D eigenvalue weighted by molar-refractivity contribution is 5.30. The van der Waals surface area contributed by atoms with E-state index >= 15 is 0 Å². The first-order valence-electron chi connectivity index (χ1n) is 8.79. The molecular formula is C21H27NO. The van der Waals surface area contributed by atoms with Gasteiger partial charge in [-0.2, -0.15) is 0 Å². The number of benzene rings is 2. The summed E-state index contributed by atoms with van der Waals surface area (Å²) in [5, 5.41) is 9.77. The molecule has 1 saturated heterocycles. The van der Waals surface area contributed by atoms with Gasteiger partial charge in [0.05, 0.1) is 0 Å². The molecule has 2 aromatic rings. The van der Waals surface area contributed by atoms with E-state index in [0.717, 1.165) is 19.5 Å². The van der Waals surface area contributed by atoms with Crippen molar-refractivity contribution in [1.82, 2.24) is 4.90 Å². The maximum absolute atomic E-state index is 9.77. The van der Waals surface area contributed by atoms with E-state index in [9.17, 15) is 5.11 Å². The van der Waals surface area contributed by atoms with Gasteiger partial charge in [0.1, 0.15) is 5.75 Å². The Labute approximate surface area is 139 Å². The fourth-order valence-corrected chi connectivity index (χ4v) is 3.68. The standard InChI is InChI=1S/C21H27NO/c1-17-7-5-11-20(19-10-6-12-21(23)15-19)16-22(17)14-13-18-8-3-2-4-9-18/h2-4,6,8-10,12,15,17,20,23H,5,7,11,13-14,16H2,1H3. The van der Waals surface area contributed by atoms with Crippen molar-refractivity contribution < 1.29 is 5.11 Å². The minimum atomic E-state index is 0.385. The van der Waals surface area contributed by atoms with Gasteiger partial charge in [-0.1, -0.05) is 48.9 Å². The van der Waals surface area contributed by atoms with Crippen LogP contribution in [0.15, 0.2) is 54.6 Å². The molecule has 1 fully saturated rings. The second-order valence-electron chi connectivity index (χ2n) is 6.80. The quantitative estimate of drug-likeness (QED) is 0.892. The van der Waals surface area contributed by atoms with Crippen LogP contribution in [0.25, 0.3) is 0 Å². The fraction of sp³-hybridized carbons (Fsp3) is 0.429. The van der Waals surface area contributed by atoms with Gasteiger partial charge in [-0.25, -0.2) is 0 Å². The van der Waals surface area contributed by atoms with Crippen LogP contribution in [0, 0.1) is 0 Å². The van der Waals surface area contributed by atoms with Crippen LogP contribution in [0.1, 0.15) is 43.2 Å². The van der Waals surface area contributed by atoms with Crippen molar-refractivity contribution in [1.29, 1.82) is 0 Å². The van der Waals surface area contributed by atoms with Gasteiger partial charge in [0, 0.05) is 19.1 Å². The van der Waals surface area contributed by atoms with Crippen molar-refractivity contribution in [3.05, 3.63) is 65.7 Å². The third-order valence-corrected chi connectivity index (χ3v) is 5.12. The molecule has 2 atom stereocenters. The van der Waals surface area contributed by atoms with Crippen molar-refractivity contribution in [2.75, 3.05) is 13.1 Å². The van der Waals surface area contributed by atoms with Gasteiger partial charge in [0.25, 0.3) is 0 Å². The number of likely N-dealkylation sites (tertiary alicyclic amines) is 1. The number of rotatable bonds is 4. The van der Waals surface area contributed by atoms with Crippen LogP contribution in [0.3, 0.4) is 0 Å². The van der Waals surface area contributed by atoms with Crippen LogP contribution in [0.5, 0.6) is 5.75 Å². The van der Waals surface area contributed by atoms with E-state index in [1.54, 1.807) is 6.07 Å². The highest BCUT2D eigenvalue weighted by Gasteiger charge is 2.24. The van der Waals surface area contributed by atoms with E-state index in [2.05, 4.69) is 48.2 Å². The maximum atomic E-state index is 9.77. The minimum Gasteiger partial charge on any atom is -0.508 e. The van der Waals surface area contributed by atoms with Gasteiger partial charge in [-0.15, -0.1) is 0 Å². The molecule has 0 aliphatic carbocycles. The Morgan fingerprint density at radius 2 is 1.87 bits per heavy atom. The molecule has 122 valence electrons. The van der Waals surface area contributed by atoms with Crippen molar-refractivity contribution in [3.63, 3.8) is 0 Å². The van der Waals surface area contributed by atoms with Crippen molar-refractivity contribution in [3.8, 4) is 5.75 Å². The predicted molar refractivity (Wildman–Crippen MR) is 95.9 cm³/mol. The number of aromatic hydroxyl groups is 1. The lowest BCUT2D eigenvalue weighted by Crippen LogP contribution is -2.36. The largest absolute Gasteiger partial charge is 0.508 e. The molecule has 2 unspecified atom stereocenters. The van der Waals surface area contributed by atoms with Crippen LogP contribution in [0.2, 0.25) is 0 Å². The van der Waals surface area contributed by atoms with Crippen molar-refractivity contribution in [2.45, 2.75) is 44.6 Å². The third kappa shape index (κ3) is 4.35. The van der Waals surface area contributed by atoms with E-state index in [1.807, 2.05) is 12.1 Å². The molecule has 23 heavy (non-hydrogen) atoms. The zero-order chi connectivity index (χ0) is 16.1. The highest BCUT2D eigenvalue weighted by atomic mass is 16.3. The molecule has 1 aliphatic heterocycles. The Morgan fingerprint density at radius 1 is 1.04 bits per heavy atom. The first kappa shape index (κ1) is 16.1. The summed E-state index contributed by atoms with van der Waals surface area (Å²) in [5.74, 6) is 0.915. The summed E-state index contributed by atoms with van der Waals surface area (Å²) < 4.78 is 0. The molecule has 0 bridgehead atoms. The molecule has 0 amide bonds. The molecule has 0 radical (unpaired) electrons. The second kappa shape index (κ2) is 7.65. The van der Waals surface area contributed by atoms with Gasteiger partial charge in [-0.05, 0) is 55.4 Å². The average Bonchev–Trinajstić information content (AvgIpc) is 2.76. The zero-order valence-corrected chi connectivity index (χ0v) is 14.0. The Morgan fingerprint density at radius 3 is 2.65 bits per heavy atom. The Balaban J connectivity index is 1.68. The lowest BCUT2D eigenvalue weighted by molar-refractivity contribution is 0.208. The van der Waals surface area contributed by atoms with Crippen LogP contribution in [0.4, 0.5) is 0 Å². The van der Waals surface area contributed by atoms with E-state index in [0.29, 0.717) is 17.7 Å². The van der Waals surface area contributed by atoms with E-state index in [-0.39, 0.29) is 0 Å². The molecule has 2 aromatic carbocycles. The molecule has 1 N–H and O–H groups in total. The maximum Gasteiger partial charge on any atom is 0.115 e. The summed E-state index contributed by atoms with van der Waals surface area (Å²) in [5.41, 5.74) is 2.70. The normalized spacial score (nSPS) is 22.7. The molecule has 2 heteroatoms. The van der Waals surface area contributed by atoms with E-state index < -0.39 is 0 Å². The van der Waals surface area contributed by atoms with E-state index in [4.69, 9.17) is 0 Å². The summed E-state index contributed by atoms with van der Waals surface area (Å²) in [6.45, 7) is 4.56. The Bertz CT molecular complexity index is 610. The van der Waals surface area contributed by atoms with Gasteiger partial charge in [0.2, 0.25) is 0 Å². The number of phenols is 1. The SMILES string of the molecule is CC1CCCC(c2cccc(O)c2)CN1CCc1ccccc1. The monoisotopic (exact) mass is 309 g/mol. The first-order valence-corrected chi connectivity index (χ1v) is 8.79. The lowest BCUT2D eigenvalue weighted by Gasteiger charge is -2.29. The zero-order valence-electron chi connectivity index (χ0n) is 14.0. The minimum absolute atomic E-state index is 0.385. The fourth-order valence-electron chi connectivity index (χ4n) is 3.68.